The molecule has 1 aliphatic heterocycles. The van der Waals surface area contributed by atoms with Crippen LogP contribution in [0, 0.1) is 18.3 Å². The Bertz CT molecular complexity index is 265. The number of Topliss-reactive ketones (excluding diaryl/α,β-unsaturated/α-hetero) is 1. The third kappa shape index (κ3) is 2.34. The summed E-state index contributed by atoms with van der Waals surface area (Å²) >= 11 is 0. The number of hydrogen-bond donors (Lipinski definition) is 1. The Labute approximate surface area is 85.1 Å². The average Bonchev–Trinajstić information content (AvgIpc) is 2.08. The highest BCUT2D eigenvalue weighted by atomic mass is 16.3. The fourth-order valence-corrected chi connectivity index (χ4v) is 1.94. The standard InChI is InChI=1S/C11H17NO2/c1-4-6-12-7-5-11(3,14)10(8-12)9(2)13/h1,10,14H,5-8H2,2-3H3. The summed E-state index contributed by atoms with van der Waals surface area (Å²) in [4.78, 5) is 13.4. The molecule has 0 amide bonds. The van der Waals surface area contributed by atoms with Crippen molar-refractivity contribution in [2.45, 2.75) is 25.9 Å². The van der Waals surface area contributed by atoms with Crippen molar-refractivity contribution in [3.8, 4) is 12.3 Å². The van der Waals surface area contributed by atoms with Crippen LogP contribution in [0.5, 0.6) is 0 Å². The summed E-state index contributed by atoms with van der Waals surface area (Å²) < 4.78 is 0. The maximum atomic E-state index is 11.3. The van der Waals surface area contributed by atoms with E-state index >= 15 is 0 Å². The first-order valence-corrected chi connectivity index (χ1v) is 4.86. The number of piperidine rings is 1. The molecule has 2 atom stereocenters. The first-order chi connectivity index (χ1) is 6.47. The summed E-state index contributed by atoms with van der Waals surface area (Å²) in [6, 6.07) is 0. The third-order valence-corrected chi connectivity index (χ3v) is 2.93. The molecule has 1 heterocycles. The van der Waals surface area contributed by atoms with Crippen LogP contribution in [0.2, 0.25) is 0 Å². The quantitative estimate of drug-likeness (QED) is 0.643. The van der Waals surface area contributed by atoms with Gasteiger partial charge >= 0.3 is 0 Å². The van der Waals surface area contributed by atoms with Crippen molar-refractivity contribution in [2.75, 3.05) is 19.6 Å². The molecular formula is C11H17NO2. The predicted octanol–water partition coefficient (Wildman–Crippen LogP) is 0.281. The fourth-order valence-electron chi connectivity index (χ4n) is 1.94. The topological polar surface area (TPSA) is 40.5 Å². The average molecular weight is 195 g/mol. The van der Waals surface area contributed by atoms with Gasteiger partial charge in [-0.25, -0.2) is 0 Å². The second-order valence-electron chi connectivity index (χ2n) is 4.21. The number of hydrogen-bond acceptors (Lipinski definition) is 3. The maximum Gasteiger partial charge on any atom is 0.137 e. The van der Waals surface area contributed by atoms with E-state index in [-0.39, 0.29) is 11.7 Å². The van der Waals surface area contributed by atoms with Gasteiger partial charge in [-0.3, -0.25) is 9.69 Å². The molecule has 0 radical (unpaired) electrons. The van der Waals surface area contributed by atoms with E-state index in [9.17, 15) is 9.90 Å². The van der Waals surface area contributed by atoms with Crippen molar-refractivity contribution in [1.29, 1.82) is 0 Å². The molecule has 2 unspecified atom stereocenters. The summed E-state index contributed by atoms with van der Waals surface area (Å²) in [6.45, 7) is 5.15. The van der Waals surface area contributed by atoms with Crippen molar-refractivity contribution in [3.63, 3.8) is 0 Å². The van der Waals surface area contributed by atoms with Crippen LogP contribution in [0.15, 0.2) is 0 Å². The van der Waals surface area contributed by atoms with Gasteiger partial charge in [0.15, 0.2) is 0 Å². The first-order valence-electron chi connectivity index (χ1n) is 4.86. The van der Waals surface area contributed by atoms with Crippen LogP contribution in [-0.4, -0.2) is 41.0 Å². The number of carbonyl (C=O) groups excluding carboxylic acids is 1. The number of ketones is 1. The number of terminal acetylenes is 1. The minimum atomic E-state index is -0.864. The van der Waals surface area contributed by atoms with E-state index in [1.54, 1.807) is 6.92 Å². The van der Waals surface area contributed by atoms with Gasteiger partial charge < -0.3 is 5.11 Å². The molecule has 1 saturated heterocycles. The van der Waals surface area contributed by atoms with Crippen LogP contribution in [0.3, 0.4) is 0 Å². The molecule has 0 saturated carbocycles. The van der Waals surface area contributed by atoms with Gasteiger partial charge in [0.25, 0.3) is 0 Å². The molecule has 14 heavy (non-hydrogen) atoms. The first kappa shape index (κ1) is 11.2. The largest absolute Gasteiger partial charge is 0.389 e. The number of likely N-dealkylation sites (tertiary alicyclic amines) is 1. The summed E-state index contributed by atoms with van der Waals surface area (Å²) in [5.74, 6) is 2.29. The van der Waals surface area contributed by atoms with Gasteiger partial charge in [0.1, 0.15) is 5.78 Å². The molecular weight excluding hydrogens is 178 g/mol. The minimum Gasteiger partial charge on any atom is -0.389 e. The number of carbonyl (C=O) groups is 1. The summed E-state index contributed by atoms with van der Waals surface area (Å²) in [6.07, 6.45) is 5.82. The van der Waals surface area contributed by atoms with E-state index in [1.165, 1.54) is 6.92 Å². The highest BCUT2D eigenvalue weighted by molar-refractivity contribution is 5.79. The lowest BCUT2D eigenvalue weighted by molar-refractivity contribution is -0.135. The molecule has 1 aliphatic rings. The molecule has 0 aromatic carbocycles. The van der Waals surface area contributed by atoms with Crippen molar-refractivity contribution in [2.24, 2.45) is 5.92 Å². The maximum absolute atomic E-state index is 11.3. The Morgan fingerprint density at radius 2 is 2.43 bits per heavy atom. The van der Waals surface area contributed by atoms with Crippen molar-refractivity contribution in [3.05, 3.63) is 0 Å². The molecule has 0 aromatic heterocycles. The lowest BCUT2D eigenvalue weighted by Gasteiger charge is -2.40. The summed E-state index contributed by atoms with van der Waals surface area (Å²) in [5, 5.41) is 9.99. The highest BCUT2D eigenvalue weighted by Crippen LogP contribution is 2.27. The zero-order chi connectivity index (χ0) is 10.8. The van der Waals surface area contributed by atoms with Gasteiger partial charge in [-0.2, -0.15) is 0 Å². The number of nitrogens with zero attached hydrogens (tertiary/aromatic N) is 1. The highest BCUT2D eigenvalue weighted by Gasteiger charge is 2.39. The van der Waals surface area contributed by atoms with Crippen LogP contribution in [0.4, 0.5) is 0 Å². The second kappa shape index (κ2) is 4.12. The third-order valence-electron chi connectivity index (χ3n) is 2.93. The Hall–Kier alpha value is -0.850. The number of rotatable bonds is 2. The Morgan fingerprint density at radius 3 is 2.93 bits per heavy atom. The lowest BCUT2D eigenvalue weighted by atomic mass is 9.80. The SMILES string of the molecule is C#CCN1CCC(C)(O)C(C(C)=O)C1. The van der Waals surface area contributed by atoms with E-state index in [1.807, 2.05) is 4.90 Å². The second-order valence-corrected chi connectivity index (χ2v) is 4.21. The monoisotopic (exact) mass is 195 g/mol. The summed E-state index contributed by atoms with van der Waals surface area (Å²) in [7, 11) is 0. The van der Waals surface area contributed by atoms with Gasteiger partial charge in [-0.1, -0.05) is 5.92 Å². The Balaban J connectivity index is 2.68. The molecule has 3 nitrogen and oxygen atoms in total. The van der Waals surface area contributed by atoms with Gasteiger partial charge in [0, 0.05) is 13.1 Å². The molecule has 0 spiro atoms. The molecule has 3 heteroatoms. The van der Waals surface area contributed by atoms with Gasteiger partial charge in [0.2, 0.25) is 0 Å². The molecule has 1 N–H and O–H groups in total. The Kier molecular flexibility index (Phi) is 3.30. The van der Waals surface area contributed by atoms with E-state index in [0.29, 0.717) is 19.5 Å². The van der Waals surface area contributed by atoms with Crippen molar-refractivity contribution in [1.82, 2.24) is 4.90 Å². The molecule has 1 rings (SSSR count). The van der Waals surface area contributed by atoms with E-state index in [4.69, 9.17) is 6.42 Å². The van der Waals surface area contributed by atoms with Crippen molar-refractivity contribution < 1.29 is 9.90 Å². The normalized spacial score (nSPS) is 33.7. The lowest BCUT2D eigenvalue weighted by Crippen LogP contribution is -2.52. The zero-order valence-electron chi connectivity index (χ0n) is 8.79. The van der Waals surface area contributed by atoms with Gasteiger partial charge in [-0.15, -0.1) is 6.42 Å². The van der Waals surface area contributed by atoms with E-state index in [2.05, 4.69) is 5.92 Å². The molecule has 78 valence electrons. The Morgan fingerprint density at radius 1 is 1.79 bits per heavy atom. The van der Waals surface area contributed by atoms with Crippen LogP contribution in [0.25, 0.3) is 0 Å². The fraction of sp³-hybridized carbons (Fsp3) is 0.727. The van der Waals surface area contributed by atoms with Crippen LogP contribution < -0.4 is 0 Å². The van der Waals surface area contributed by atoms with Crippen LogP contribution in [0.1, 0.15) is 20.3 Å². The minimum absolute atomic E-state index is 0.0386. The molecule has 0 bridgehead atoms. The van der Waals surface area contributed by atoms with Gasteiger partial charge in [0.05, 0.1) is 18.1 Å². The summed E-state index contributed by atoms with van der Waals surface area (Å²) in [5.41, 5.74) is -0.864. The van der Waals surface area contributed by atoms with Gasteiger partial charge in [-0.05, 0) is 20.3 Å². The van der Waals surface area contributed by atoms with Crippen LogP contribution in [-0.2, 0) is 4.79 Å². The smallest absolute Gasteiger partial charge is 0.137 e. The number of aliphatic hydroxyl groups is 1. The van der Waals surface area contributed by atoms with E-state index in [0.717, 1.165) is 6.54 Å². The van der Waals surface area contributed by atoms with Crippen molar-refractivity contribution >= 4 is 5.78 Å². The molecule has 0 aromatic rings. The zero-order valence-corrected chi connectivity index (χ0v) is 8.79. The molecule has 0 aliphatic carbocycles. The van der Waals surface area contributed by atoms with E-state index < -0.39 is 5.60 Å². The predicted molar refractivity (Wildman–Crippen MR) is 54.7 cm³/mol. The van der Waals surface area contributed by atoms with Crippen LogP contribution >= 0.6 is 0 Å². The molecule has 1 fully saturated rings.